The molecule has 0 saturated carbocycles. The monoisotopic (exact) mass is 385 g/mol. The van der Waals surface area contributed by atoms with E-state index < -0.39 is 0 Å². The zero-order valence-electron chi connectivity index (χ0n) is 16.4. The molecule has 0 amide bonds. The smallest absolute Gasteiger partial charge is 0.298 e. The first-order valence-electron chi connectivity index (χ1n) is 9.81. The number of nitrogens with zero attached hydrogens (tertiary/aromatic N) is 3. The third kappa shape index (κ3) is 5.45. The third-order valence-electron chi connectivity index (χ3n) is 5.23. The van der Waals surface area contributed by atoms with Gasteiger partial charge in [0.2, 0.25) is 0 Å². The van der Waals surface area contributed by atoms with Crippen molar-refractivity contribution in [3.8, 4) is 5.75 Å². The first kappa shape index (κ1) is 20.1. The number of carbonyl (C=O) groups is 1. The van der Waals surface area contributed by atoms with Crippen molar-refractivity contribution in [1.29, 1.82) is 0 Å². The summed E-state index contributed by atoms with van der Waals surface area (Å²) in [4.78, 5) is 17.6. The fourth-order valence-electron chi connectivity index (χ4n) is 3.61. The van der Waals surface area contributed by atoms with E-state index in [-0.39, 0.29) is 5.82 Å². The summed E-state index contributed by atoms with van der Waals surface area (Å²) in [5.74, 6) is 0.407. The van der Waals surface area contributed by atoms with Gasteiger partial charge in [-0.2, -0.15) is 0 Å². The van der Waals surface area contributed by atoms with Gasteiger partial charge in [-0.05, 0) is 55.8 Å². The lowest BCUT2D eigenvalue weighted by molar-refractivity contribution is -0.120. The molecule has 0 bridgehead atoms. The van der Waals surface area contributed by atoms with Crippen molar-refractivity contribution in [2.75, 3.05) is 56.1 Å². The van der Waals surface area contributed by atoms with Crippen LogP contribution in [0, 0.1) is 5.82 Å². The summed E-state index contributed by atoms with van der Waals surface area (Å²) in [5.41, 5.74) is 2.03. The van der Waals surface area contributed by atoms with Gasteiger partial charge in [0.05, 0.1) is 5.69 Å². The summed E-state index contributed by atoms with van der Waals surface area (Å²) in [7, 11) is 2.02. The number of anilines is 2. The van der Waals surface area contributed by atoms with Crippen molar-refractivity contribution in [3.05, 3.63) is 54.3 Å². The minimum Gasteiger partial charge on any atom is -0.427 e. The van der Waals surface area contributed by atoms with E-state index in [4.69, 9.17) is 4.74 Å². The highest BCUT2D eigenvalue weighted by atomic mass is 19.1. The molecule has 2 aromatic carbocycles. The van der Waals surface area contributed by atoms with Crippen LogP contribution in [-0.2, 0) is 4.79 Å². The fraction of sp³-hybridized carbons (Fsp3) is 0.409. The molecule has 6 heteroatoms. The van der Waals surface area contributed by atoms with E-state index in [0.29, 0.717) is 12.2 Å². The molecule has 5 nitrogen and oxygen atoms in total. The highest BCUT2D eigenvalue weighted by Crippen LogP contribution is 2.26. The second-order valence-electron chi connectivity index (χ2n) is 7.12. The Morgan fingerprint density at radius 3 is 2.46 bits per heavy atom. The lowest BCUT2D eigenvalue weighted by Crippen LogP contribution is -2.46. The van der Waals surface area contributed by atoms with Crippen molar-refractivity contribution >= 4 is 17.8 Å². The zero-order chi connectivity index (χ0) is 19.8. The number of hydrogen-bond acceptors (Lipinski definition) is 5. The van der Waals surface area contributed by atoms with Crippen LogP contribution in [0.5, 0.6) is 5.75 Å². The number of piperazine rings is 1. The van der Waals surface area contributed by atoms with Gasteiger partial charge in [-0.3, -0.25) is 9.69 Å². The van der Waals surface area contributed by atoms with Crippen molar-refractivity contribution in [2.45, 2.75) is 12.8 Å². The molecule has 0 spiro atoms. The molecule has 1 aliphatic rings. The molecule has 1 heterocycles. The lowest BCUT2D eigenvalue weighted by Gasteiger charge is -2.36. The van der Waals surface area contributed by atoms with Gasteiger partial charge in [0, 0.05) is 45.5 Å². The number of carbonyl (C=O) groups excluding carboxylic acids is 1. The highest BCUT2D eigenvalue weighted by Gasteiger charge is 2.17. The molecular weight excluding hydrogens is 357 g/mol. The van der Waals surface area contributed by atoms with E-state index in [1.807, 2.05) is 37.4 Å². The zero-order valence-corrected chi connectivity index (χ0v) is 16.4. The maximum absolute atomic E-state index is 13.1. The molecule has 0 radical (unpaired) electrons. The number of hydrogen-bond donors (Lipinski definition) is 0. The maximum Gasteiger partial charge on any atom is 0.298 e. The van der Waals surface area contributed by atoms with E-state index in [0.717, 1.165) is 63.5 Å². The van der Waals surface area contributed by atoms with Crippen LogP contribution in [-0.4, -0.2) is 57.7 Å². The molecule has 150 valence electrons. The summed E-state index contributed by atoms with van der Waals surface area (Å²) in [6.07, 6.45) is 2.20. The Labute approximate surface area is 166 Å². The second-order valence-corrected chi connectivity index (χ2v) is 7.12. The first-order valence-corrected chi connectivity index (χ1v) is 9.81. The van der Waals surface area contributed by atoms with Gasteiger partial charge in [0.15, 0.2) is 5.75 Å². The van der Waals surface area contributed by atoms with Crippen LogP contribution in [0.3, 0.4) is 0 Å². The molecule has 2 aromatic rings. The van der Waals surface area contributed by atoms with Crippen LogP contribution in [0.4, 0.5) is 15.8 Å². The quantitative estimate of drug-likeness (QED) is 0.488. The minimum atomic E-state index is -0.187. The number of halogens is 1. The maximum atomic E-state index is 13.1. The van der Waals surface area contributed by atoms with Gasteiger partial charge in [0.25, 0.3) is 6.47 Å². The van der Waals surface area contributed by atoms with Gasteiger partial charge in [-0.1, -0.05) is 12.1 Å². The van der Waals surface area contributed by atoms with Gasteiger partial charge in [-0.15, -0.1) is 0 Å². The van der Waals surface area contributed by atoms with Crippen molar-refractivity contribution in [2.24, 2.45) is 0 Å². The molecule has 0 N–H and O–H groups in total. The van der Waals surface area contributed by atoms with Crippen LogP contribution in [0.25, 0.3) is 0 Å². The average Bonchev–Trinajstić information content (AvgIpc) is 2.73. The first-order chi connectivity index (χ1) is 13.7. The number of rotatable bonds is 9. The molecular formula is C22H28FN3O2. The lowest BCUT2D eigenvalue weighted by atomic mass is 10.2. The summed E-state index contributed by atoms with van der Waals surface area (Å²) < 4.78 is 18.1. The van der Waals surface area contributed by atoms with Crippen LogP contribution in [0.2, 0.25) is 0 Å². The molecule has 1 aliphatic heterocycles. The third-order valence-corrected chi connectivity index (χ3v) is 5.23. The van der Waals surface area contributed by atoms with Crippen LogP contribution in [0.1, 0.15) is 12.8 Å². The highest BCUT2D eigenvalue weighted by molar-refractivity contribution is 5.61. The standard InChI is InChI=1S/C22H28FN3O2/c1-24(21-6-2-3-7-22(21)28-18-27)12-4-5-13-25-14-16-26(17-15-25)20-10-8-19(23)9-11-20/h2-3,6-11,18H,4-5,12-17H2,1H3. The molecule has 28 heavy (non-hydrogen) atoms. The van der Waals surface area contributed by atoms with E-state index in [1.54, 1.807) is 6.07 Å². The Kier molecular flexibility index (Phi) is 7.25. The molecule has 0 aromatic heterocycles. The van der Waals surface area contributed by atoms with Crippen molar-refractivity contribution in [3.63, 3.8) is 0 Å². The normalized spacial score (nSPS) is 14.7. The van der Waals surface area contributed by atoms with Crippen LogP contribution < -0.4 is 14.5 Å². The van der Waals surface area contributed by atoms with E-state index in [9.17, 15) is 9.18 Å². The van der Waals surface area contributed by atoms with E-state index in [1.165, 1.54) is 12.1 Å². The molecule has 1 saturated heterocycles. The van der Waals surface area contributed by atoms with Gasteiger partial charge in [0.1, 0.15) is 5.82 Å². The predicted molar refractivity (Wildman–Crippen MR) is 111 cm³/mol. The summed E-state index contributed by atoms with van der Waals surface area (Å²) in [5, 5.41) is 0. The molecule has 1 fully saturated rings. The van der Waals surface area contributed by atoms with Crippen LogP contribution >= 0.6 is 0 Å². The Bertz CT molecular complexity index is 746. The van der Waals surface area contributed by atoms with Crippen molar-refractivity contribution in [1.82, 2.24) is 4.90 Å². The Morgan fingerprint density at radius 2 is 1.75 bits per heavy atom. The fourth-order valence-corrected chi connectivity index (χ4v) is 3.61. The average molecular weight is 385 g/mol. The summed E-state index contributed by atoms with van der Waals surface area (Å²) in [6, 6.07) is 14.3. The second kappa shape index (κ2) is 10.1. The minimum absolute atomic E-state index is 0.187. The largest absolute Gasteiger partial charge is 0.427 e. The summed E-state index contributed by atoms with van der Waals surface area (Å²) in [6.45, 7) is 6.47. The Balaban J connectivity index is 1.37. The molecule has 3 rings (SSSR count). The molecule has 0 aliphatic carbocycles. The number of benzene rings is 2. The van der Waals surface area contributed by atoms with Crippen LogP contribution in [0.15, 0.2) is 48.5 Å². The summed E-state index contributed by atoms with van der Waals surface area (Å²) >= 11 is 0. The van der Waals surface area contributed by atoms with Gasteiger partial charge >= 0.3 is 0 Å². The molecule has 0 unspecified atom stereocenters. The van der Waals surface area contributed by atoms with Gasteiger partial charge in [-0.25, -0.2) is 4.39 Å². The number of unbranched alkanes of at least 4 members (excludes halogenated alkanes) is 1. The Hall–Kier alpha value is -2.60. The van der Waals surface area contributed by atoms with Crippen molar-refractivity contribution < 1.29 is 13.9 Å². The van der Waals surface area contributed by atoms with E-state index >= 15 is 0 Å². The van der Waals surface area contributed by atoms with Gasteiger partial charge < -0.3 is 14.5 Å². The number of ether oxygens (including phenoxy) is 1. The topological polar surface area (TPSA) is 36.0 Å². The SMILES string of the molecule is CN(CCCCN1CCN(c2ccc(F)cc2)CC1)c1ccccc1OC=O. The Morgan fingerprint density at radius 1 is 1.04 bits per heavy atom. The number of para-hydroxylation sites is 2. The predicted octanol–water partition coefficient (Wildman–Crippen LogP) is 3.40. The van der Waals surface area contributed by atoms with E-state index in [2.05, 4.69) is 14.7 Å². The molecule has 0 atom stereocenters.